The Morgan fingerprint density at radius 3 is 2.84 bits per heavy atom. The molecule has 0 bridgehead atoms. The minimum absolute atomic E-state index is 0.0116. The first-order chi connectivity index (χ1) is 9.33. The Balaban J connectivity index is 1.70. The van der Waals surface area contributed by atoms with E-state index in [4.69, 9.17) is 0 Å². The number of pyridine rings is 1. The summed E-state index contributed by atoms with van der Waals surface area (Å²) in [5.41, 5.74) is 3.24. The Hall–Kier alpha value is -2.20. The van der Waals surface area contributed by atoms with Crippen LogP contribution in [0.3, 0.4) is 0 Å². The molecule has 1 aromatic carbocycles. The molecule has 0 spiro atoms. The number of carbonyl (C=O) groups is 1. The van der Waals surface area contributed by atoms with Crippen LogP contribution in [0.15, 0.2) is 48.8 Å². The van der Waals surface area contributed by atoms with Crippen molar-refractivity contribution in [2.45, 2.75) is 19.0 Å². The average Bonchev–Trinajstić information content (AvgIpc) is 2.48. The summed E-state index contributed by atoms with van der Waals surface area (Å²) in [6, 6.07) is 11.7. The first-order valence-corrected chi connectivity index (χ1v) is 6.34. The van der Waals surface area contributed by atoms with Crippen molar-refractivity contribution in [1.82, 2.24) is 10.3 Å². The van der Waals surface area contributed by atoms with Crippen molar-refractivity contribution < 1.29 is 4.79 Å². The third-order valence-corrected chi connectivity index (χ3v) is 3.33. The molecular weight excluding hydrogens is 238 g/mol. The maximum absolute atomic E-state index is 12.2. The van der Waals surface area contributed by atoms with E-state index in [1.165, 1.54) is 11.1 Å². The van der Waals surface area contributed by atoms with Gasteiger partial charge in [0.15, 0.2) is 0 Å². The zero-order chi connectivity index (χ0) is 13.1. The summed E-state index contributed by atoms with van der Waals surface area (Å²) < 4.78 is 0. The standard InChI is InChI=1S/C15H15N3O/c19-15(18-13-6-3-7-16-10-13)14-8-11-4-1-2-5-12(11)9-17-14/h1-7,10,14,17H,8-9H2,(H,18,19)/t14-/m0/s1. The van der Waals surface area contributed by atoms with Crippen molar-refractivity contribution >= 4 is 11.6 Å². The number of nitrogens with one attached hydrogen (secondary N) is 2. The number of fused-ring (bicyclic) bond motifs is 1. The molecule has 1 amide bonds. The molecule has 1 atom stereocenters. The van der Waals surface area contributed by atoms with Crippen molar-refractivity contribution in [3.05, 3.63) is 59.9 Å². The van der Waals surface area contributed by atoms with E-state index in [1.807, 2.05) is 18.2 Å². The molecule has 1 aliphatic rings. The van der Waals surface area contributed by atoms with Crippen LogP contribution in [0.4, 0.5) is 5.69 Å². The van der Waals surface area contributed by atoms with Crippen molar-refractivity contribution in [2.24, 2.45) is 0 Å². The van der Waals surface area contributed by atoms with Crippen LogP contribution in [0.2, 0.25) is 0 Å². The third kappa shape index (κ3) is 2.63. The molecule has 2 aromatic rings. The van der Waals surface area contributed by atoms with Gasteiger partial charge in [-0.2, -0.15) is 0 Å². The van der Waals surface area contributed by atoms with Gasteiger partial charge in [0.25, 0.3) is 0 Å². The number of anilines is 1. The molecule has 4 heteroatoms. The molecule has 4 nitrogen and oxygen atoms in total. The van der Waals surface area contributed by atoms with Crippen LogP contribution in [0.1, 0.15) is 11.1 Å². The van der Waals surface area contributed by atoms with Gasteiger partial charge in [-0.15, -0.1) is 0 Å². The van der Waals surface area contributed by atoms with Crippen LogP contribution in [0, 0.1) is 0 Å². The Morgan fingerprint density at radius 2 is 2.05 bits per heavy atom. The maximum Gasteiger partial charge on any atom is 0.241 e. The lowest BCUT2D eigenvalue weighted by Crippen LogP contribution is -2.44. The number of hydrogen-bond acceptors (Lipinski definition) is 3. The van der Waals surface area contributed by atoms with E-state index in [9.17, 15) is 4.79 Å². The predicted octanol–water partition coefficient (Wildman–Crippen LogP) is 1.73. The number of nitrogens with zero attached hydrogens (tertiary/aromatic N) is 1. The van der Waals surface area contributed by atoms with E-state index in [1.54, 1.807) is 18.5 Å². The van der Waals surface area contributed by atoms with E-state index in [0.29, 0.717) is 0 Å². The van der Waals surface area contributed by atoms with Gasteiger partial charge in [0.05, 0.1) is 17.9 Å². The Labute approximate surface area is 111 Å². The monoisotopic (exact) mass is 253 g/mol. The molecule has 2 heterocycles. The molecule has 1 aliphatic heterocycles. The lowest BCUT2D eigenvalue weighted by molar-refractivity contribution is -0.118. The van der Waals surface area contributed by atoms with Crippen molar-refractivity contribution in [1.29, 1.82) is 0 Å². The first kappa shape index (κ1) is 11.9. The zero-order valence-electron chi connectivity index (χ0n) is 10.5. The Kier molecular flexibility index (Phi) is 3.25. The second-order valence-electron chi connectivity index (χ2n) is 4.64. The third-order valence-electron chi connectivity index (χ3n) is 3.33. The molecule has 19 heavy (non-hydrogen) atoms. The fraction of sp³-hybridized carbons (Fsp3) is 0.200. The highest BCUT2D eigenvalue weighted by Gasteiger charge is 2.23. The summed E-state index contributed by atoms with van der Waals surface area (Å²) in [4.78, 5) is 16.2. The largest absolute Gasteiger partial charge is 0.323 e. The number of hydrogen-bond donors (Lipinski definition) is 2. The first-order valence-electron chi connectivity index (χ1n) is 6.34. The smallest absolute Gasteiger partial charge is 0.241 e. The highest BCUT2D eigenvalue weighted by atomic mass is 16.2. The van der Waals surface area contributed by atoms with Crippen molar-refractivity contribution in [2.75, 3.05) is 5.32 Å². The topological polar surface area (TPSA) is 54.0 Å². The highest BCUT2D eigenvalue weighted by Crippen LogP contribution is 2.17. The number of amides is 1. The summed E-state index contributed by atoms with van der Waals surface area (Å²) in [6.45, 7) is 0.737. The van der Waals surface area contributed by atoms with Gasteiger partial charge in [-0.25, -0.2) is 0 Å². The zero-order valence-corrected chi connectivity index (χ0v) is 10.5. The molecular formula is C15H15N3O. The summed E-state index contributed by atoms with van der Waals surface area (Å²) in [5.74, 6) is -0.0116. The molecule has 0 fully saturated rings. The molecule has 0 aliphatic carbocycles. The molecule has 0 radical (unpaired) electrons. The van der Waals surface area contributed by atoms with E-state index in [0.717, 1.165) is 18.7 Å². The van der Waals surface area contributed by atoms with Crippen molar-refractivity contribution in [3.8, 4) is 0 Å². The lowest BCUT2D eigenvalue weighted by Gasteiger charge is -2.25. The number of carbonyl (C=O) groups excluding carboxylic acids is 1. The minimum atomic E-state index is -0.185. The summed E-state index contributed by atoms with van der Waals surface area (Å²) >= 11 is 0. The number of rotatable bonds is 2. The molecule has 0 saturated carbocycles. The summed E-state index contributed by atoms with van der Waals surface area (Å²) in [6.07, 6.45) is 4.06. The Bertz CT molecular complexity index is 583. The second-order valence-corrected chi connectivity index (χ2v) is 4.64. The molecule has 1 aromatic heterocycles. The van der Waals surface area contributed by atoms with Crippen LogP contribution in [0.5, 0.6) is 0 Å². The summed E-state index contributed by atoms with van der Waals surface area (Å²) in [7, 11) is 0. The lowest BCUT2D eigenvalue weighted by atomic mass is 9.95. The van der Waals surface area contributed by atoms with Gasteiger partial charge >= 0.3 is 0 Å². The van der Waals surface area contributed by atoms with Crippen molar-refractivity contribution in [3.63, 3.8) is 0 Å². The molecule has 3 rings (SSSR count). The Morgan fingerprint density at radius 1 is 1.21 bits per heavy atom. The quantitative estimate of drug-likeness (QED) is 0.857. The van der Waals surface area contributed by atoms with E-state index in [-0.39, 0.29) is 11.9 Å². The van der Waals surface area contributed by atoms with Gasteiger partial charge in [0.1, 0.15) is 0 Å². The highest BCUT2D eigenvalue weighted by molar-refractivity contribution is 5.95. The predicted molar refractivity (Wildman–Crippen MR) is 73.6 cm³/mol. The van der Waals surface area contributed by atoms with Gasteiger partial charge < -0.3 is 10.6 Å². The minimum Gasteiger partial charge on any atom is -0.323 e. The molecule has 0 unspecified atom stereocenters. The van der Waals surface area contributed by atoms with E-state index in [2.05, 4.69) is 27.8 Å². The van der Waals surface area contributed by atoms with Crippen LogP contribution in [-0.4, -0.2) is 16.9 Å². The van der Waals surface area contributed by atoms with Gasteiger partial charge in [0, 0.05) is 12.7 Å². The molecule has 2 N–H and O–H groups in total. The second kappa shape index (κ2) is 5.20. The molecule has 96 valence electrons. The van der Waals surface area contributed by atoms with Crippen LogP contribution in [0.25, 0.3) is 0 Å². The van der Waals surface area contributed by atoms with E-state index >= 15 is 0 Å². The number of benzene rings is 1. The average molecular weight is 253 g/mol. The normalized spacial score (nSPS) is 17.6. The van der Waals surface area contributed by atoms with Crippen LogP contribution in [-0.2, 0) is 17.8 Å². The fourth-order valence-electron chi connectivity index (χ4n) is 2.31. The summed E-state index contributed by atoms with van der Waals surface area (Å²) in [5, 5.41) is 6.14. The van der Waals surface area contributed by atoms with Gasteiger partial charge in [-0.3, -0.25) is 9.78 Å². The van der Waals surface area contributed by atoms with E-state index < -0.39 is 0 Å². The van der Waals surface area contributed by atoms with Crippen LogP contribution < -0.4 is 10.6 Å². The van der Waals surface area contributed by atoms with Gasteiger partial charge in [0.2, 0.25) is 5.91 Å². The molecule has 0 saturated heterocycles. The maximum atomic E-state index is 12.2. The van der Waals surface area contributed by atoms with Crippen LogP contribution >= 0.6 is 0 Å². The SMILES string of the molecule is O=C(Nc1cccnc1)[C@@H]1Cc2ccccc2CN1. The van der Waals surface area contributed by atoms with Gasteiger partial charge in [-0.1, -0.05) is 24.3 Å². The number of aromatic nitrogens is 1. The van der Waals surface area contributed by atoms with Gasteiger partial charge in [-0.05, 0) is 29.7 Å². The fourth-order valence-corrected chi connectivity index (χ4v) is 2.31.